The first-order valence-electron chi connectivity index (χ1n) is 10.5. The lowest BCUT2D eigenvalue weighted by Gasteiger charge is -2.32. The van der Waals surface area contributed by atoms with Crippen LogP contribution in [0.5, 0.6) is 0 Å². The minimum Gasteiger partial charge on any atom is -0.322 e. The molecule has 3 aliphatic heterocycles. The predicted molar refractivity (Wildman–Crippen MR) is 112 cm³/mol. The van der Waals surface area contributed by atoms with Crippen LogP contribution in [-0.2, 0) is 22.7 Å². The molecule has 2 aromatic rings. The Balaban J connectivity index is 1.25. The largest absolute Gasteiger partial charge is 0.322 e. The number of aromatic nitrogens is 1. The van der Waals surface area contributed by atoms with Gasteiger partial charge in [0.15, 0.2) is 0 Å². The Hall–Kier alpha value is -2.58. The molecule has 1 atom stereocenters. The summed E-state index contributed by atoms with van der Waals surface area (Å²) in [6, 6.07) is 7.68. The van der Waals surface area contributed by atoms with Gasteiger partial charge in [-0.2, -0.15) is 0 Å². The van der Waals surface area contributed by atoms with E-state index < -0.39 is 6.04 Å². The number of hydrogen-bond donors (Lipinski definition) is 1. The van der Waals surface area contributed by atoms with Crippen molar-refractivity contribution >= 4 is 29.3 Å². The monoisotopic (exact) mass is 424 g/mol. The van der Waals surface area contributed by atoms with Gasteiger partial charge in [-0.1, -0.05) is 12.1 Å². The lowest BCUT2D eigenvalue weighted by molar-refractivity contribution is -0.136. The highest BCUT2D eigenvalue weighted by atomic mass is 32.1. The van der Waals surface area contributed by atoms with E-state index in [9.17, 15) is 14.4 Å². The molecule has 156 valence electrons. The molecule has 1 N–H and O–H groups in total. The van der Waals surface area contributed by atoms with Crippen LogP contribution in [0, 0.1) is 0 Å². The number of fused-ring (bicyclic) bond motifs is 1. The molecule has 1 aromatic heterocycles. The van der Waals surface area contributed by atoms with E-state index in [1.54, 1.807) is 16.4 Å². The Morgan fingerprint density at radius 1 is 1.10 bits per heavy atom. The number of nitrogens with zero attached hydrogens (tertiary/aromatic N) is 3. The van der Waals surface area contributed by atoms with Crippen molar-refractivity contribution in [2.45, 2.75) is 50.7 Å². The van der Waals surface area contributed by atoms with Crippen LogP contribution >= 0.6 is 11.5 Å². The molecule has 30 heavy (non-hydrogen) atoms. The van der Waals surface area contributed by atoms with Crippen LogP contribution in [0.1, 0.15) is 58.0 Å². The number of nitrogens with one attached hydrogen (secondary N) is 1. The SMILES string of the molecule is O=C1CCC(N2Cc3cc(C4CCN(Cc5ccns5)CC4)ccc3C2=O)C(=O)N1. The van der Waals surface area contributed by atoms with E-state index in [-0.39, 0.29) is 24.1 Å². The van der Waals surface area contributed by atoms with E-state index in [4.69, 9.17) is 0 Å². The second-order valence-corrected chi connectivity index (χ2v) is 9.26. The third-order valence-electron chi connectivity index (χ3n) is 6.48. The molecular weight excluding hydrogens is 400 g/mol. The zero-order valence-electron chi connectivity index (χ0n) is 16.7. The maximum absolute atomic E-state index is 12.9. The van der Waals surface area contributed by atoms with Crippen molar-refractivity contribution in [3.63, 3.8) is 0 Å². The summed E-state index contributed by atoms with van der Waals surface area (Å²) >= 11 is 1.56. The summed E-state index contributed by atoms with van der Waals surface area (Å²) < 4.78 is 4.18. The van der Waals surface area contributed by atoms with Crippen LogP contribution in [0.4, 0.5) is 0 Å². The van der Waals surface area contributed by atoms with Crippen LogP contribution < -0.4 is 5.32 Å². The van der Waals surface area contributed by atoms with E-state index >= 15 is 0 Å². The average molecular weight is 425 g/mol. The van der Waals surface area contributed by atoms with Gasteiger partial charge in [0.25, 0.3) is 5.91 Å². The molecule has 3 aliphatic rings. The maximum atomic E-state index is 12.9. The molecule has 0 spiro atoms. The van der Waals surface area contributed by atoms with E-state index in [1.807, 2.05) is 12.3 Å². The Morgan fingerprint density at radius 2 is 1.93 bits per heavy atom. The average Bonchev–Trinajstić information content (AvgIpc) is 3.36. The van der Waals surface area contributed by atoms with Gasteiger partial charge in [-0.25, -0.2) is 4.37 Å². The highest BCUT2D eigenvalue weighted by molar-refractivity contribution is 7.05. The van der Waals surface area contributed by atoms with Gasteiger partial charge < -0.3 is 4.90 Å². The second kappa shape index (κ2) is 7.92. The molecule has 0 bridgehead atoms. The van der Waals surface area contributed by atoms with Gasteiger partial charge in [0.1, 0.15) is 6.04 Å². The van der Waals surface area contributed by atoms with Crippen molar-refractivity contribution in [1.82, 2.24) is 19.5 Å². The number of benzene rings is 1. The number of likely N-dealkylation sites (tertiary alicyclic amines) is 1. The molecule has 5 rings (SSSR count). The molecule has 2 fully saturated rings. The smallest absolute Gasteiger partial charge is 0.255 e. The third kappa shape index (κ3) is 3.65. The molecule has 0 radical (unpaired) electrons. The highest BCUT2D eigenvalue weighted by Gasteiger charge is 2.39. The van der Waals surface area contributed by atoms with Crippen LogP contribution in [0.15, 0.2) is 30.5 Å². The first-order chi connectivity index (χ1) is 14.6. The van der Waals surface area contributed by atoms with Crippen LogP contribution in [0.3, 0.4) is 0 Å². The van der Waals surface area contributed by atoms with Gasteiger partial charge in [-0.15, -0.1) is 0 Å². The van der Waals surface area contributed by atoms with Gasteiger partial charge in [0.2, 0.25) is 11.8 Å². The van der Waals surface area contributed by atoms with Crippen molar-refractivity contribution in [2.75, 3.05) is 13.1 Å². The molecular formula is C22H24N4O3S. The van der Waals surface area contributed by atoms with Crippen LogP contribution in [0.2, 0.25) is 0 Å². The van der Waals surface area contributed by atoms with Crippen molar-refractivity contribution in [3.8, 4) is 0 Å². The maximum Gasteiger partial charge on any atom is 0.255 e. The van der Waals surface area contributed by atoms with Crippen molar-refractivity contribution in [2.24, 2.45) is 0 Å². The summed E-state index contributed by atoms with van der Waals surface area (Å²) in [6.45, 7) is 3.53. The zero-order chi connectivity index (χ0) is 20.7. The number of rotatable bonds is 4. The summed E-state index contributed by atoms with van der Waals surface area (Å²) in [5, 5.41) is 2.36. The highest BCUT2D eigenvalue weighted by Crippen LogP contribution is 2.34. The fraction of sp³-hybridized carbons (Fsp3) is 0.455. The van der Waals surface area contributed by atoms with E-state index in [0.717, 1.165) is 38.0 Å². The molecule has 3 amide bonds. The van der Waals surface area contributed by atoms with Gasteiger partial charge in [0, 0.05) is 36.1 Å². The summed E-state index contributed by atoms with van der Waals surface area (Å²) in [6.07, 6.45) is 4.73. The number of carbonyl (C=O) groups is 3. The van der Waals surface area contributed by atoms with Gasteiger partial charge >= 0.3 is 0 Å². The van der Waals surface area contributed by atoms with Crippen LogP contribution in [0.25, 0.3) is 0 Å². The van der Waals surface area contributed by atoms with E-state index in [2.05, 4.69) is 32.8 Å². The fourth-order valence-electron chi connectivity index (χ4n) is 4.82. The summed E-state index contributed by atoms with van der Waals surface area (Å²) in [4.78, 5) is 41.9. The molecule has 8 heteroatoms. The summed E-state index contributed by atoms with van der Waals surface area (Å²) in [7, 11) is 0. The Labute approximate surface area is 179 Å². The lowest BCUT2D eigenvalue weighted by Crippen LogP contribution is -2.52. The van der Waals surface area contributed by atoms with Gasteiger partial charge in [-0.3, -0.25) is 24.6 Å². The standard InChI is InChI=1S/C22H24N4O3S/c27-20-4-3-19(21(28)24-20)26-12-16-11-15(1-2-18(16)22(26)29)14-6-9-25(10-7-14)13-17-5-8-23-30-17/h1-2,5,8,11,14,19H,3-4,6-7,9-10,12-13H2,(H,24,27,28). The fourth-order valence-corrected chi connectivity index (χ4v) is 5.44. The molecule has 2 saturated heterocycles. The molecule has 0 aliphatic carbocycles. The zero-order valence-corrected chi connectivity index (χ0v) is 17.5. The summed E-state index contributed by atoms with van der Waals surface area (Å²) in [5.74, 6) is -0.233. The summed E-state index contributed by atoms with van der Waals surface area (Å²) in [5.41, 5.74) is 2.96. The number of amides is 3. The van der Waals surface area contributed by atoms with Crippen molar-refractivity contribution in [1.29, 1.82) is 0 Å². The van der Waals surface area contributed by atoms with Crippen molar-refractivity contribution < 1.29 is 14.4 Å². The van der Waals surface area contributed by atoms with E-state index in [0.29, 0.717) is 24.4 Å². The van der Waals surface area contributed by atoms with Gasteiger partial charge in [0.05, 0.1) is 0 Å². The minimum absolute atomic E-state index is 0.106. The Bertz CT molecular complexity index is 982. The quantitative estimate of drug-likeness (QED) is 0.762. The number of piperidine rings is 2. The first kappa shape index (κ1) is 19.4. The number of hydrogen-bond acceptors (Lipinski definition) is 6. The molecule has 0 saturated carbocycles. The molecule has 4 heterocycles. The van der Waals surface area contributed by atoms with Gasteiger partial charge in [-0.05, 0) is 73.1 Å². The third-order valence-corrected chi connectivity index (χ3v) is 7.20. The Morgan fingerprint density at radius 3 is 2.67 bits per heavy atom. The first-order valence-corrected chi connectivity index (χ1v) is 11.3. The second-order valence-electron chi connectivity index (χ2n) is 8.35. The number of carbonyl (C=O) groups excluding carboxylic acids is 3. The Kier molecular flexibility index (Phi) is 5.12. The van der Waals surface area contributed by atoms with E-state index in [1.165, 1.54) is 10.4 Å². The predicted octanol–water partition coefficient (Wildman–Crippen LogP) is 2.28. The molecule has 1 aromatic carbocycles. The topological polar surface area (TPSA) is 82.6 Å². The van der Waals surface area contributed by atoms with Crippen LogP contribution in [-0.4, -0.2) is 51.0 Å². The number of imide groups is 1. The molecule has 1 unspecified atom stereocenters. The molecule has 7 nitrogen and oxygen atoms in total. The normalized spacial score (nSPS) is 23.0. The lowest BCUT2D eigenvalue weighted by atomic mass is 9.88. The van der Waals surface area contributed by atoms with Crippen molar-refractivity contribution in [3.05, 3.63) is 52.0 Å². The minimum atomic E-state index is -0.555.